The Morgan fingerprint density at radius 2 is 1.97 bits per heavy atom. The number of hydrogen-bond acceptors (Lipinski definition) is 6. The van der Waals surface area contributed by atoms with Gasteiger partial charge in [0, 0.05) is 37.5 Å². The van der Waals surface area contributed by atoms with Crippen LogP contribution in [0.3, 0.4) is 0 Å². The van der Waals surface area contributed by atoms with Gasteiger partial charge in [0.2, 0.25) is 0 Å². The third-order valence-electron chi connectivity index (χ3n) is 5.56. The quantitative estimate of drug-likeness (QED) is 0.293. The van der Waals surface area contributed by atoms with E-state index >= 15 is 0 Å². The normalized spacial score (nSPS) is 22.3. The molecule has 2 aliphatic rings. The molecule has 2 N–H and O–H groups in total. The van der Waals surface area contributed by atoms with Crippen LogP contribution in [0.5, 0.6) is 11.5 Å². The number of nitrogens with one attached hydrogen (secondary N) is 2. The molecular formula is C21H35IN4O3S. The fourth-order valence-electron chi connectivity index (χ4n) is 3.87. The molecule has 2 heterocycles. The predicted octanol–water partition coefficient (Wildman–Crippen LogP) is 2.58. The molecule has 2 fully saturated rings. The molecule has 1 aromatic carbocycles. The van der Waals surface area contributed by atoms with Crippen LogP contribution in [0.25, 0.3) is 0 Å². The Labute approximate surface area is 201 Å². The Hall–Kier alpha value is -0.910. The summed E-state index contributed by atoms with van der Waals surface area (Å²) >= 11 is 2.05. The minimum atomic E-state index is 0. The summed E-state index contributed by atoms with van der Waals surface area (Å²) in [6.45, 7) is 8.10. The maximum Gasteiger partial charge on any atom is 0.191 e. The maximum atomic E-state index is 5.57. The van der Waals surface area contributed by atoms with Crippen molar-refractivity contribution in [2.45, 2.75) is 25.4 Å². The highest BCUT2D eigenvalue weighted by molar-refractivity contribution is 14.0. The van der Waals surface area contributed by atoms with Crippen LogP contribution in [-0.4, -0.2) is 81.5 Å². The van der Waals surface area contributed by atoms with Gasteiger partial charge in [-0.15, -0.1) is 24.0 Å². The fraction of sp³-hybridized carbons (Fsp3) is 0.667. The lowest BCUT2D eigenvalue weighted by molar-refractivity contribution is -0.0120. The molecule has 1 unspecified atom stereocenters. The highest BCUT2D eigenvalue weighted by Crippen LogP contribution is 2.33. The van der Waals surface area contributed by atoms with Crippen molar-refractivity contribution < 1.29 is 14.2 Å². The third kappa shape index (κ3) is 6.54. The van der Waals surface area contributed by atoms with E-state index < -0.39 is 0 Å². The first-order chi connectivity index (χ1) is 14.2. The van der Waals surface area contributed by atoms with Crippen LogP contribution in [0.2, 0.25) is 0 Å². The Kier molecular flexibility index (Phi) is 10.8. The lowest BCUT2D eigenvalue weighted by Crippen LogP contribution is -2.60. The topological polar surface area (TPSA) is 67.4 Å². The molecule has 0 amide bonds. The zero-order valence-corrected chi connectivity index (χ0v) is 21.4. The van der Waals surface area contributed by atoms with Crippen molar-refractivity contribution in [2.75, 3.05) is 65.1 Å². The van der Waals surface area contributed by atoms with E-state index in [-0.39, 0.29) is 29.5 Å². The lowest BCUT2D eigenvalue weighted by Gasteiger charge is -2.43. The van der Waals surface area contributed by atoms with Gasteiger partial charge in [0.05, 0.1) is 34.0 Å². The lowest BCUT2D eigenvalue weighted by atomic mass is 9.95. The van der Waals surface area contributed by atoms with E-state index in [0.717, 1.165) is 68.2 Å². The standard InChI is InChI=1S/C21H34N4O3S.HI/c1-4-22-20(23-14-17-5-6-18(26-2)19(13-17)27-3)24-15-21(7-12-29-16-21)25-8-10-28-11-9-25;/h5-6,13H,4,7-12,14-16H2,1-3H3,(H2,22,23,24);1H. The van der Waals surface area contributed by atoms with E-state index in [2.05, 4.69) is 22.5 Å². The number of halogens is 1. The first kappa shape index (κ1) is 25.4. The molecule has 170 valence electrons. The molecule has 2 aliphatic heterocycles. The number of methoxy groups -OCH3 is 2. The number of benzene rings is 1. The van der Waals surface area contributed by atoms with Crippen molar-refractivity contribution in [3.8, 4) is 11.5 Å². The molecule has 7 nitrogen and oxygen atoms in total. The van der Waals surface area contributed by atoms with Crippen molar-refractivity contribution in [3.05, 3.63) is 23.8 Å². The molecule has 2 saturated heterocycles. The summed E-state index contributed by atoms with van der Waals surface area (Å²) in [5, 5.41) is 6.99. The summed E-state index contributed by atoms with van der Waals surface area (Å²) in [4.78, 5) is 7.41. The molecule has 9 heteroatoms. The Morgan fingerprint density at radius 1 is 1.20 bits per heavy atom. The van der Waals surface area contributed by atoms with Crippen LogP contribution in [-0.2, 0) is 11.3 Å². The number of thioether (sulfide) groups is 1. The summed E-state index contributed by atoms with van der Waals surface area (Å²) in [7, 11) is 3.30. The fourth-order valence-corrected chi connectivity index (χ4v) is 5.35. The van der Waals surface area contributed by atoms with E-state index in [1.54, 1.807) is 14.2 Å². The van der Waals surface area contributed by atoms with Gasteiger partial charge >= 0.3 is 0 Å². The number of morpholine rings is 1. The largest absolute Gasteiger partial charge is 0.493 e. The minimum Gasteiger partial charge on any atom is -0.493 e. The highest BCUT2D eigenvalue weighted by atomic mass is 127. The van der Waals surface area contributed by atoms with Gasteiger partial charge in [-0.2, -0.15) is 11.8 Å². The molecule has 0 aromatic heterocycles. The molecule has 0 saturated carbocycles. The molecule has 0 radical (unpaired) electrons. The van der Waals surface area contributed by atoms with Gasteiger partial charge in [-0.25, -0.2) is 4.99 Å². The van der Waals surface area contributed by atoms with Crippen LogP contribution in [0.4, 0.5) is 0 Å². The van der Waals surface area contributed by atoms with Crippen LogP contribution >= 0.6 is 35.7 Å². The van der Waals surface area contributed by atoms with Crippen LogP contribution in [0.1, 0.15) is 18.9 Å². The summed E-state index contributed by atoms with van der Waals surface area (Å²) < 4.78 is 16.3. The Bertz CT molecular complexity index is 680. The number of aliphatic imine (C=N–C) groups is 1. The molecule has 30 heavy (non-hydrogen) atoms. The smallest absolute Gasteiger partial charge is 0.191 e. The summed E-state index contributed by atoms with van der Waals surface area (Å²) in [6.07, 6.45) is 1.21. The molecule has 3 rings (SSSR count). The number of rotatable bonds is 8. The van der Waals surface area contributed by atoms with E-state index in [9.17, 15) is 0 Å². The first-order valence-electron chi connectivity index (χ1n) is 10.3. The SMILES string of the molecule is CCNC(=NCc1ccc(OC)c(OC)c1)NCC1(N2CCOCC2)CCSC1.I. The van der Waals surface area contributed by atoms with Crippen molar-refractivity contribution >= 4 is 41.7 Å². The van der Waals surface area contributed by atoms with E-state index in [1.165, 1.54) is 12.2 Å². The number of hydrogen-bond donors (Lipinski definition) is 2. The van der Waals surface area contributed by atoms with Crippen molar-refractivity contribution in [1.82, 2.24) is 15.5 Å². The van der Waals surface area contributed by atoms with Crippen LogP contribution < -0.4 is 20.1 Å². The summed E-state index contributed by atoms with van der Waals surface area (Å²) in [5.74, 6) is 4.70. The van der Waals surface area contributed by atoms with E-state index in [4.69, 9.17) is 19.2 Å². The van der Waals surface area contributed by atoms with E-state index in [1.807, 2.05) is 30.0 Å². The van der Waals surface area contributed by atoms with Gasteiger partial charge in [0.25, 0.3) is 0 Å². The summed E-state index contributed by atoms with van der Waals surface area (Å²) in [6, 6.07) is 5.93. The highest BCUT2D eigenvalue weighted by Gasteiger charge is 2.40. The van der Waals surface area contributed by atoms with Gasteiger partial charge < -0.3 is 24.8 Å². The molecule has 0 bridgehead atoms. The van der Waals surface area contributed by atoms with Gasteiger partial charge in [-0.1, -0.05) is 6.07 Å². The summed E-state index contributed by atoms with van der Waals surface area (Å²) in [5.41, 5.74) is 1.27. The maximum absolute atomic E-state index is 5.57. The van der Waals surface area contributed by atoms with Gasteiger partial charge in [-0.05, 0) is 36.8 Å². The second-order valence-electron chi connectivity index (χ2n) is 7.36. The molecular weight excluding hydrogens is 515 g/mol. The minimum absolute atomic E-state index is 0. The van der Waals surface area contributed by atoms with Gasteiger partial charge in [0.15, 0.2) is 17.5 Å². The zero-order valence-electron chi connectivity index (χ0n) is 18.2. The van der Waals surface area contributed by atoms with Crippen LogP contribution in [0.15, 0.2) is 23.2 Å². The Morgan fingerprint density at radius 3 is 2.60 bits per heavy atom. The number of nitrogens with zero attached hydrogens (tertiary/aromatic N) is 2. The Balaban J connectivity index is 0.00000320. The van der Waals surface area contributed by atoms with Crippen LogP contribution in [0, 0.1) is 0 Å². The monoisotopic (exact) mass is 550 g/mol. The second kappa shape index (κ2) is 12.8. The van der Waals surface area contributed by atoms with Crippen molar-refractivity contribution in [3.63, 3.8) is 0 Å². The average Bonchev–Trinajstić information content (AvgIpc) is 3.26. The third-order valence-corrected chi connectivity index (χ3v) is 6.80. The van der Waals surface area contributed by atoms with Crippen molar-refractivity contribution in [1.29, 1.82) is 0 Å². The van der Waals surface area contributed by atoms with E-state index in [0.29, 0.717) is 6.54 Å². The number of guanidine groups is 1. The van der Waals surface area contributed by atoms with Gasteiger partial charge in [0.1, 0.15) is 0 Å². The average molecular weight is 551 g/mol. The van der Waals surface area contributed by atoms with Crippen molar-refractivity contribution in [2.24, 2.45) is 4.99 Å². The second-order valence-corrected chi connectivity index (χ2v) is 8.47. The molecule has 0 aliphatic carbocycles. The molecule has 1 aromatic rings. The predicted molar refractivity (Wildman–Crippen MR) is 135 cm³/mol. The zero-order chi connectivity index (χ0) is 20.5. The molecule has 1 atom stereocenters. The molecule has 0 spiro atoms. The number of ether oxygens (including phenoxy) is 3. The first-order valence-corrected chi connectivity index (χ1v) is 11.5. The van der Waals surface area contributed by atoms with Gasteiger partial charge in [-0.3, -0.25) is 4.90 Å².